The molecule has 2 heterocycles. The zero-order valence-corrected chi connectivity index (χ0v) is 15.2. The highest BCUT2D eigenvalue weighted by molar-refractivity contribution is 8.14. The molecule has 1 aromatic carbocycles. The van der Waals surface area contributed by atoms with E-state index in [0.29, 0.717) is 5.92 Å². The number of fused-ring (bicyclic) bond motifs is 1. The number of hydrogen-bond donors (Lipinski definition) is 0. The summed E-state index contributed by atoms with van der Waals surface area (Å²) in [4.78, 5) is 6.81. The number of aliphatic imine (C=N–C) groups is 1. The molecule has 3 rings (SSSR count). The topological polar surface area (TPSA) is 59.0 Å². The summed E-state index contributed by atoms with van der Waals surface area (Å²) in [5.41, 5.74) is 0.977. The molecule has 1 aromatic rings. The minimum atomic E-state index is -3.00. The maximum Gasteiger partial charge on any atom is 0.164 e. The van der Waals surface area contributed by atoms with Gasteiger partial charge >= 0.3 is 0 Å². The van der Waals surface area contributed by atoms with Gasteiger partial charge in [-0.1, -0.05) is 25.6 Å². The molecule has 2 aliphatic heterocycles. The quantitative estimate of drug-likeness (QED) is 0.831. The standard InChI is InChI=1S/C16H22N2O3S2/c1-11(2)8-22-16-17-14-9-23(19,20)10-15(14)18(16)12-4-6-13(21-3)7-5-12/h4-7,11,14-15H,8-10H2,1-3H3/t14-,15-/m1/s1. The third kappa shape index (κ3) is 3.50. The zero-order valence-electron chi connectivity index (χ0n) is 13.6. The average molecular weight is 354 g/mol. The van der Waals surface area contributed by atoms with Crippen molar-refractivity contribution in [2.45, 2.75) is 25.9 Å². The highest BCUT2D eigenvalue weighted by atomic mass is 32.2. The summed E-state index contributed by atoms with van der Waals surface area (Å²) >= 11 is 1.71. The van der Waals surface area contributed by atoms with Crippen molar-refractivity contribution in [3.05, 3.63) is 24.3 Å². The summed E-state index contributed by atoms with van der Waals surface area (Å²) in [7, 11) is -1.36. The molecule has 23 heavy (non-hydrogen) atoms. The summed E-state index contributed by atoms with van der Waals surface area (Å²) in [6.07, 6.45) is 0. The molecule has 0 saturated carbocycles. The lowest BCUT2D eigenvalue weighted by Crippen LogP contribution is -2.39. The second kappa shape index (κ2) is 6.36. The van der Waals surface area contributed by atoms with E-state index in [2.05, 4.69) is 18.7 Å². The largest absolute Gasteiger partial charge is 0.497 e. The molecule has 1 saturated heterocycles. The first-order chi connectivity index (χ1) is 10.9. The van der Waals surface area contributed by atoms with Crippen molar-refractivity contribution in [3.63, 3.8) is 0 Å². The number of sulfone groups is 1. The molecule has 0 radical (unpaired) electrons. The van der Waals surface area contributed by atoms with Crippen molar-refractivity contribution in [3.8, 4) is 5.75 Å². The van der Waals surface area contributed by atoms with Crippen LogP contribution in [-0.2, 0) is 9.84 Å². The van der Waals surface area contributed by atoms with Crippen molar-refractivity contribution in [1.82, 2.24) is 0 Å². The molecular formula is C16H22N2O3S2. The van der Waals surface area contributed by atoms with E-state index in [0.717, 1.165) is 22.4 Å². The maximum absolute atomic E-state index is 12.0. The Bertz CT molecular complexity index is 699. The van der Waals surface area contributed by atoms with Crippen molar-refractivity contribution in [2.24, 2.45) is 10.9 Å². The van der Waals surface area contributed by atoms with Gasteiger partial charge < -0.3 is 9.64 Å². The molecule has 1 fully saturated rings. The normalized spacial score (nSPS) is 25.6. The Morgan fingerprint density at radius 3 is 2.61 bits per heavy atom. The Labute approximate surface area is 142 Å². The van der Waals surface area contributed by atoms with Crippen LogP contribution in [0.4, 0.5) is 5.69 Å². The number of hydrogen-bond acceptors (Lipinski definition) is 6. The van der Waals surface area contributed by atoms with Gasteiger partial charge in [-0.05, 0) is 30.2 Å². The van der Waals surface area contributed by atoms with Gasteiger partial charge in [0, 0.05) is 11.4 Å². The van der Waals surface area contributed by atoms with Crippen LogP contribution in [0.25, 0.3) is 0 Å². The van der Waals surface area contributed by atoms with Gasteiger partial charge in [-0.2, -0.15) is 0 Å². The van der Waals surface area contributed by atoms with Crippen molar-refractivity contribution in [1.29, 1.82) is 0 Å². The van der Waals surface area contributed by atoms with E-state index in [1.165, 1.54) is 0 Å². The van der Waals surface area contributed by atoms with E-state index < -0.39 is 9.84 Å². The number of benzene rings is 1. The lowest BCUT2D eigenvalue weighted by molar-refractivity contribution is 0.415. The summed E-state index contributed by atoms with van der Waals surface area (Å²) in [5, 5.41) is 0.939. The monoisotopic (exact) mass is 354 g/mol. The summed E-state index contributed by atoms with van der Waals surface area (Å²) in [5.74, 6) is 2.66. The van der Waals surface area contributed by atoms with Gasteiger partial charge in [-0.3, -0.25) is 4.99 Å². The van der Waals surface area contributed by atoms with Gasteiger partial charge in [-0.15, -0.1) is 0 Å². The number of amidine groups is 1. The van der Waals surface area contributed by atoms with Crippen LogP contribution in [-0.4, -0.2) is 50.0 Å². The predicted octanol–water partition coefficient (Wildman–Crippen LogP) is 2.43. The van der Waals surface area contributed by atoms with Crippen LogP contribution in [0.15, 0.2) is 29.3 Å². The number of thioether (sulfide) groups is 1. The third-order valence-electron chi connectivity index (χ3n) is 4.00. The van der Waals surface area contributed by atoms with Crippen molar-refractivity contribution in [2.75, 3.05) is 29.3 Å². The highest BCUT2D eigenvalue weighted by Crippen LogP contribution is 2.36. The van der Waals surface area contributed by atoms with Crippen LogP contribution in [0.5, 0.6) is 5.75 Å². The molecule has 5 nitrogen and oxygen atoms in total. The fourth-order valence-corrected chi connectivity index (χ4v) is 5.84. The van der Waals surface area contributed by atoms with Gasteiger partial charge in [0.1, 0.15) is 5.75 Å². The van der Waals surface area contributed by atoms with E-state index in [1.807, 2.05) is 24.3 Å². The fourth-order valence-electron chi connectivity index (χ4n) is 2.92. The van der Waals surface area contributed by atoms with Crippen molar-refractivity contribution < 1.29 is 13.2 Å². The van der Waals surface area contributed by atoms with Crippen LogP contribution in [0.1, 0.15) is 13.8 Å². The first-order valence-corrected chi connectivity index (χ1v) is 10.5. The van der Waals surface area contributed by atoms with Gasteiger partial charge in [0.25, 0.3) is 0 Å². The number of nitrogens with zero attached hydrogens (tertiary/aromatic N) is 2. The predicted molar refractivity (Wildman–Crippen MR) is 96.4 cm³/mol. The molecular weight excluding hydrogens is 332 g/mol. The average Bonchev–Trinajstić information content (AvgIpc) is 2.96. The Kier molecular flexibility index (Phi) is 4.60. The fraction of sp³-hybridized carbons (Fsp3) is 0.562. The lowest BCUT2D eigenvalue weighted by Gasteiger charge is -2.26. The Morgan fingerprint density at radius 1 is 1.30 bits per heavy atom. The third-order valence-corrected chi connectivity index (χ3v) is 7.10. The van der Waals surface area contributed by atoms with E-state index in [9.17, 15) is 8.42 Å². The molecule has 0 aliphatic carbocycles. The number of anilines is 1. The molecule has 0 aromatic heterocycles. The molecule has 0 amide bonds. The number of methoxy groups -OCH3 is 1. The lowest BCUT2D eigenvalue weighted by atomic mass is 10.1. The Balaban J connectivity index is 1.90. The molecule has 0 spiro atoms. The van der Waals surface area contributed by atoms with Gasteiger partial charge in [0.2, 0.25) is 0 Å². The van der Waals surface area contributed by atoms with Crippen molar-refractivity contribution >= 4 is 32.5 Å². The Morgan fingerprint density at radius 2 is 2.00 bits per heavy atom. The van der Waals surface area contributed by atoms with E-state index in [1.54, 1.807) is 18.9 Å². The maximum atomic E-state index is 12.0. The molecule has 2 atom stereocenters. The summed E-state index contributed by atoms with van der Waals surface area (Å²) < 4.78 is 29.2. The zero-order chi connectivity index (χ0) is 16.6. The molecule has 0 N–H and O–H groups in total. The second-order valence-electron chi connectivity index (χ2n) is 6.40. The Hall–Kier alpha value is -1.21. The summed E-state index contributed by atoms with van der Waals surface area (Å²) in [6.45, 7) is 4.34. The number of rotatable bonds is 4. The van der Waals surface area contributed by atoms with Crippen LogP contribution < -0.4 is 9.64 Å². The number of ether oxygens (including phenoxy) is 1. The molecule has 2 aliphatic rings. The first kappa shape index (κ1) is 16.6. The minimum absolute atomic E-state index is 0.0805. The van der Waals surface area contributed by atoms with E-state index >= 15 is 0 Å². The van der Waals surface area contributed by atoms with Crippen LogP contribution in [0.2, 0.25) is 0 Å². The van der Waals surface area contributed by atoms with Crippen LogP contribution in [0, 0.1) is 5.92 Å². The molecule has 7 heteroatoms. The van der Waals surface area contributed by atoms with E-state index in [4.69, 9.17) is 9.73 Å². The molecule has 126 valence electrons. The SMILES string of the molecule is COc1ccc(N2C(SCC(C)C)=N[C@@H]3CS(=O)(=O)C[C@H]32)cc1. The van der Waals surface area contributed by atoms with Gasteiger partial charge in [0.15, 0.2) is 15.0 Å². The molecule has 0 unspecified atom stereocenters. The molecule has 0 bridgehead atoms. The first-order valence-electron chi connectivity index (χ1n) is 7.74. The van der Waals surface area contributed by atoms with Gasteiger partial charge in [0.05, 0.1) is 30.7 Å². The highest BCUT2D eigenvalue weighted by Gasteiger charge is 2.47. The summed E-state index contributed by atoms with van der Waals surface area (Å²) in [6, 6.07) is 7.52. The smallest absolute Gasteiger partial charge is 0.164 e. The second-order valence-corrected chi connectivity index (χ2v) is 9.54. The van der Waals surface area contributed by atoms with Crippen LogP contribution in [0.3, 0.4) is 0 Å². The minimum Gasteiger partial charge on any atom is -0.497 e. The van der Waals surface area contributed by atoms with E-state index in [-0.39, 0.29) is 23.6 Å². The van der Waals surface area contributed by atoms with Gasteiger partial charge in [-0.25, -0.2) is 8.42 Å². The van der Waals surface area contributed by atoms with Crippen LogP contribution >= 0.6 is 11.8 Å².